The van der Waals surface area contributed by atoms with Gasteiger partial charge in [0.15, 0.2) is 0 Å². The second kappa shape index (κ2) is 8.27. The first-order valence-corrected chi connectivity index (χ1v) is 8.26. The molecule has 1 saturated heterocycles. The number of thioether (sulfide) groups is 1. The fourth-order valence-electron chi connectivity index (χ4n) is 2.23. The van der Waals surface area contributed by atoms with Gasteiger partial charge < -0.3 is 10.6 Å². The molecule has 0 radical (unpaired) electrons. The van der Waals surface area contributed by atoms with E-state index in [2.05, 4.69) is 10.6 Å². The lowest BCUT2D eigenvalue weighted by Crippen LogP contribution is -2.36. The lowest BCUT2D eigenvalue weighted by Gasteiger charge is -2.22. The van der Waals surface area contributed by atoms with Crippen LogP contribution < -0.4 is 10.6 Å². The average molecular weight is 296 g/mol. The van der Waals surface area contributed by atoms with Crippen LogP contribution in [0.25, 0.3) is 0 Å². The zero-order valence-corrected chi connectivity index (χ0v) is 12.3. The van der Waals surface area contributed by atoms with Crippen LogP contribution in [0.2, 0.25) is 0 Å². The van der Waals surface area contributed by atoms with Crippen molar-refractivity contribution in [2.45, 2.75) is 25.3 Å². The summed E-state index contributed by atoms with van der Waals surface area (Å²) in [6, 6.07) is 6.38. The summed E-state index contributed by atoms with van der Waals surface area (Å²) in [6.45, 7) is 1.52. The van der Waals surface area contributed by atoms with E-state index in [9.17, 15) is 9.18 Å². The van der Waals surface area contributed by atoms with Crippen LogP contribution in [0.4, 0.5) is 4.39 Å². The topological polar surface area (TPSA) is 41.1 Å². The minimum Gasteiger partial charge on any atom is -0.352 e. The summed E-state index contributed by atoms with van der Waals surface area (Å²) in [7, 11) is 0. The van der Waals surface area contributed by atoms with Crippen LogP contribution in [-0.2, 0) is 0 Å². The predicted octanol–water partition coefficient (Wildman–Crippen LogP) is 2.43. The van der Waals surface area contributed by atoms with Crippen molar-refractivity contribution in [2.75, 3.05) is 24.6 Å². The van der Waals surface area contributed by atoms with Gasteiger partial charge in [-0.3, -0.25) is 4.79 Å². The first-order chi connectivity index (χ1) is 9.75. The van der Waals surface area contributed by atoms with Gasteiger partial charge in [0.25, 0.3) is 5.91 Å². The first-order valence-electron chi connectivity index (χ1n) is 7.10. The molecule has 0 bridgehead atoms. The molecule has 0 unspecified atom stereocenters. The highest BCUT2D eigenvalue weighted by molar-refractivity contribution is 7.99. The van der Waals surface area contributed by atoms with Gasteiger partial charge in [0.2, 0.25) is 0 Å². The average Bonchev–Trinajstić information content (AvgIpc) is 2.48. The van der Waals surface area contributed by atoms with Crippen LogP contribution in [0.1, 0.15) is 29.6 Å². The van der Waals surface area contributed by atoms with Gasteiger partial charge in [-0.1, -0.05) is 6.07 Å². The number of hydrogen-bond acceptors (Lipinski definition) is 3. The third-order valence-electron chi connectivity index (χ3n) is 3.32. The lowest BCUT2D eigenvalue weighted by molar-refractivity contribution is 0.0952. The molecule has 2 rings (SSSR count). The molecule has 0 aromatic heterocycles. The van der Waals surface area contributed by atoms with Crippen LogP contribution in [0.3, 0.4) is 0 Å². The molecular formula is C15H21FN2OS. The summed E-state index contributed by atoms with van der Waals surface area (Å²) in [6.07, 6.45) is 3.43. The van der Waals surface area contributed by atoms with E-state index in [1.54, 1.807) is 12.1 Å². The van der Waals surface area contributed by atoms with E-state index in [1.165, 1.54) is 36.5 Å². The number of carbonyl (C=O) groups excluding carboxylic acids is 1. The fraction of sp³-hybridized carbons (Fsp3) is 0.533. The van der Waals surface area contributed by atoms with Gasteiger partial charge >= 0.3 is 0 Å². The van der Waals surface area contributed by atoms with E-state index in [0.29, 0.717) is 18.2 Å². The third-order valence-corrected chi connectivity index (χ3v) is 4.53. The van der Waals surface area contributed by atoms with Crippen molar-refractivity contribution in [1.29, 1.82) is 0 Å². The maximum absolute atomic E-state index is 13.0. The summed E-state index contributed by atoms with van der Waals surface area (Å²) in [5.41, 5.74) is 0.377. The monoisotopic (exact) mass is 296 g/mol. The number of halogens is 1. The van der Waals surface area contributed by atoms with Crippen molar-refractivity contribution in [3.63, 3.8) is 0 Å². The highest BCUT2D eigenvalue weighted by Gasteiger charge is 2.12. The summed E-state index contributed by atoms with van der Waals surface area (Å²) in [5.74, 6) is 1.88. The quantitative estimate of drug-likeness (QED) is 0.792. The van der Waals surface area contributed by atoms with Gasteiger partial charge in [0, 0.05) is 23.9 Å². The minimum absolute atomic E-state index is 0.210. The molecule has 1 fully saturated rings. The number of carbonyl (C=O) groups is 1. The predicted molar refractivity (Wildman–Crippen MR) is 81.7 cm³/mol. The Bertz CT molecular complexity index is 436. The Morgan fingerprint density at radius 2 is 2.30 bits per heavy atom. The zero-order chi connectivity index (χ0) is 14.2. The Morgan fingerprint density at radius 1 is 1.40 bits per heavy atom. The fourth-order valence-corrected chi connectivity index (χ4v) is 3.34. The Kier molecular flexibility index (Phi) is 6.33. The largest absolute Gasteiger partial charge is 0.352 e. The van der Waals surface area contributed by atoms with Crippen molar-refractivity contribution in [1.82, 2.24) is 10.6 Å². The molecule has 1 aliphatic heterocycles. The molecule has 1 aliphatic rings. The second-order valence-corrected chi connectivity index (χ2v) is 6.14. The smallest absolute Gasteiger partial charge is 0.251 e. The van der Waals surface area contributed by atoms with Crippen LogP contribution in [0.5, 0.6) is 0 Å². The SMILES string of the molecule is O=C(NCCCN[C@@H]1CCCSC1)c1cccc(F)c1. The maximum atomic E-state index is 13.0. The highest BCUT2D eigenvalue weighted by atomic mass is 32.2. The Hall–Kier alpha value is -1.07. The van der Waals surface area contributed by atoms with Crippen molar-refractivity contribution in [2.24, 2.45) is 0 Å². The highest BCUT2D eigenvalue weighted by Crippen LogP contribution is 2.16. The van der Waals surface area contributed by atoms with Gasteiger partial charge in [-0.05, 0) is 49.8 Å². The standard InChI is InChI=1S/C15H21FN2OS/c16-13-5-1-4-12(10-13)15(19)18-8-3-7-17-14-6-2-9-20-11-14/h1,4-5,10,14,17H,2-3,6-9,11H2,(H,18,19)/t14-/m1/s1. The van der Waals surface area contributed by atoms with Gasteiger partial charge in [0.05, 0.1) is 0 Å². The van der Waals surface area contributed by atoms with E-state index < -0.39 is 0 Å². The molecule has 0 spiro atoms. The van der Waals surface area contributed by atoms with Crippen molar-refractivity contribution in [3.05, 3.63) is 35.6 Å². The molecule has 1 heterocycles. The number of benzene rings is 1. The van der Waals surface area contributed by atoms with Crippen molar-refractivity contribution in [3.8, 4) is 0 Å². The molecule has 5 heteroatoms. The van der Waals surface area contributed by atoms with E-state index in [-0.39, 0.29) is 11.7 Å². The molecule has 3 nitrogen and oxygen atoms in total. The lowest BCUT2D eigenvalue weighted by atomic mass is 10.2. The van der Waals surface area contributed by atoms with Crippen LogP contribution >= 0.6 is 11.8 Å². The third kappa shape index (κ3) is 5.13. The van der Waals surface area contributed by atoms with Gasteiger partial charge in [0.1, 0.15) is 5.82 Å². The van der Waals surface area contributed by atoms with E-state index in [4.69, 9.17) is 0 Å². The summed E-state index contributed by atoms with van der Waals surface area (Å²) < 4.78 is 13.0. The van der Waals surface area contributed by atoms with Crippen molar-refractivity contribution >= 4 is 17.7 Å². The molecule has 0 aliphatic carbocycles. The molecular weight excluding hydrogens is 275 g/mol. The Balaban J connectivity index is 1.59. The molecule has 1 aromatic carbocycles. The molecule has 1 aromatic rings. The van der Waals surface area contributed by atoms with Gasteiger partial charge in [-0.25, -0.2) is 4.39 Å². The maximum Gasteiger partial charge on any atom is 0.251 e. The Morgan fingerprint density at radius 3 is 3.05 bits per heavy atom. The molecule has 1 atom stereocenters. The zero-order valence-electron chi connectivity index (χ0n) is 11.5. The van der Waals surface area contributed by atoms with Crippen molar-refractivity contribution < 1.29 is 9.18 Å². The number of rotatable bonds is 6. The van der Waals surface area contributed by atoms with Gasteiger partial charge in [-0.15, -0.1) is 0 Å². The van der Waals surface area contributed by atoms with Gasteiger partial charge in [-0.2, -0.15) is 11.8 Å². The summed E-state index contributed by atoms with van der Waals surface area (Å²) in [5, 5.41) is 6.33. The van der Waals surface area contributed by atoms with E-state index in [1.807, 2.05) is 11.8 Å². The second-order valence-electron chi connectivity index (χ2n) is 4.99. The molecule has 1 amide bonds. The number of hydrogen-bond donors (Lipinski definition) is 2. The minimum atomic E-state index is -0.380. The summed E-state index contributed by atoms with van der Waals surface area (Å²) in [4.78, 5) is 11.8. The molecule has 110 valence electrons. The van der Waals surface area contributed by atoms with Crippen LogP contribution in [0.15, 0.2) is 24.3 Å². The molecule has 20 heavy (non-hydrogen) atoms. The number of nitrogens with one attached hydrogen (secondary N) is 2. The normalized spacial score (nSPS) is 18.8. The molecule has 2 N–H and O–H groups in total. The van der Waals surface area contributed by atoms with E-state index in [0.717, 1.165) is 13.0 Å². The summed E-state index contributed by atoms with van der Waals surface area (Å²) >= 11 is 2.00. The van der Waals surface area contributed by atoms with E-state index >= 15 is 0 Å². The Labute approximate surface area is 123 Å². The van der Waals surface area contributed by atoms with Crippen LogP contribution in [0, 0.1) is 5.82 Å². The first kappa shape index (κ1) is 15.3. The van der Waals surface area contributed by atoms with Crippen LogP contribution in [-0.4, -0.2) is 36.5 Å². The number of amides is 1. The molecule has 0 saturated carbocycles.